The summed E-state index contributed by atoms with van der Waals surface area (Å²) in [6.45, 7) is 0. The Balaban J connectivity index is 1.91. The molecule has 0 fully saturated rings. The van der Waals surface area contributed by atoms with Crippen molar-refractivity contribution < 1.29 is 0 Å². The van der Waals surface area contributed by atoms with Gasteiger partial charge in [-0.25, -0.2) is 0 Å². The van der Waals surface area contributed by atoms with Gasteiger partial charge in [-0.3, -0.25) is 0 Å². The van der Waals surface area contributed by atoms with Crippen LogP contribution in [0.15, 0.2) is 95.5 Å². The minimum absolute atomic E-state index is 1.09. The van der Waals surface area contributed by atoms with E-state index in [9.17, 15) is 0 Å². The minimum atomic E-state index is 1.09. The summed E-state index contributed by atoms with van der Waals surface area (Å²) < 4.78 is 1.09. The standard InChI is InChI=1S/C24H16BrN/c25-19-13-10-17(11-14-19)22-21-15-12-16-6-4-5-9-20(16)24(21)26-23(22)18-7-2-1-3-8-18/h1-15,26H. The second-order valence-electron chi connectivity index (χ2n) is 6.46. The number of fused-ring (bicyclic) bond motifs is 3. The lowest BCUT2D eigenvalue weighted by atomic mass is 9.97. The van der Waals surface area contributed by atoms with E-state index in [1.165, 1.54) is 44.1 Å². The van der Waals surface area contributed by atoms with E-state index in [1.54, 1.807) is 0 Å². The van der Waals surface area contributed by atoms with Crippen molar-refractivity contribution in [3.8, 4) is 22.4 Å². The summed E-state index contributed by atoms with van der Waals surface area (Å²) in [5, 5.41) is 3.76. The molecule has 0 saturated heterocycles. The summed E-state index contributed by atoms with van der Waals surface area (Å²) in [6.07, 6.45) is 0. The molecule has 2 heteroatoms. The van der Waals surface area contributed by atoms with Crippen molar-refractivity contribution in [2.24, 2.45) is 0 Å². The van der Waals surface area contributed by atoms with Gasteiger partial charge in [-0.2, -0.15) is 0 Å². The summed E-state index contributed by atoms with van der Waals surface area (Å²) in [6, 6.07) is 32.1. The smallest absolute Gasteiger partial charge is 0.0544 e. The molecule has 1 heterocycles. The maximum Gasteiger partial charge on any atom is 0.0544 e. The highest BCUT2D eigenvalue weighted by molar-refractivity contribution is 9.10. The lowest BCUT2D eigenvalue weighted by molar-refractivity contribution is 1.46. The Hall–Kier alpha value is -2.84. The number of hydrogen-bond donors (Lipinski definition) is 1. The van der Waals surface area contributed by atoms with Crippen LogP contribution in [0.1, 0.15) is 0 Å². The van der Waals surface area contributed by atoms with Crippen LogP contribution in [-0.4, -0.2) is 4.98 Å². The predicted octanol–water partition coefficient (Wildman–Crippen LogP) is 7.42. The fourth-order valence-corrected chi connectivity index (χ4v) is 3.94. The molecule has 124 valence electrons. The van der Waals surface area contributed by atoms with E-state index in [1.807, 2.05) is 0 Å². The van der Waals surface area contributed by atoms with E-state index in [2.05, 4.69) is 112 Å². The third-order valence-electron chi connectivity index (χ3n) is 4.89. The van der Waals surface area contributed by atoms with E-state index in [0.29, 0.717) is 0 Å². The lowest BCUT2D eigenvalue weighted by Gasteiger charge is -2.06. The van der Waals surface area contributed by atoms with E-state index in [0.717, 1.165) is 4.47 Å². The van der Waals surface area contributed by atoms with E-state index in [4.69, 9.17) is 0 Å². The fourth-order valence-electron chi connectivity index (χ4n) is 3.67. The molecule has 4 aromatic carbocycles. The second-order valence-corrected chi connectivity index (χ2v) is 7.37. The molecule has 5 aromatic rings. The van der Waals surface area contributed by atoms with Crippen molar-refractivity contribution in [3.05, 3.63) is 95.5 Å². The highest BCUT2D eigenvalue weighted by Crippen LogP contribution is 2.40. The second kappa shape index (κ2) is 6.15. The van der Waals surface area contributed by atoms with Gasteiger partial charge in [-0.05, 0) is 28.6 Å². The summed E-state index contributed by atoms with van der Waals surface area (Å²) in [5.41, 5.74) is 6.03. The molecular formula is C24H16BrN. The molecule has 1 N–H and O–H groups in total. The van der Waals surface area contributed by atoms with Gasteiger partial charge in [0, 0.05) is 20.8 Å². The Bertz CT molecular complexity index is 1220. The molecule has 5 rings (SSSR count). The third-order valence-corrected chi connectivity index (χ3v) is 5.42. The highest BCUT2D eigenvalue weighted by atomic mass is 79.9. The van der Waals surface area contributed by atoms with Gasteiger partial charge in [0.15, 0.2) is 0 Å². The van der Waals surface area contributed by atoms with Crippen LogP contribution < -0.4 is 0 Å². The van der Waals surface area contributed by atoms with Gasteiger partial charge in [0.1, 0.15) is 0 Å². The molecule has 0 aliphatic rings. The van der Waals surface area contributed by atoms with Crippen molar-refractivity contribution in [2.75, 3.05) is 0 Å². The Morgan fingerprint density at radius 1 is 0.577 bits per heavy atom. The monoisotopic (exact) mass is 397 g/mol. The van der Waals surface area contributed by atoms with Crippen LogP contribution in [0.5, 0.6) is 0 Å². The zero-order chi connectivity index (χ0) is 17.5. The predicted molar refractivity (Wildman–Crippen MR) is 114 cm³/mol. The first-order valence-electron chi connectivity index (χ1n) is 8.66. The maximum absolute atomic E-state index is 3.72. The SMILES string of the molecule is Brc1ccc(-c2c(-c3ccccc3)[nH]c3c2ccc2ccccc23)cc1. The van der Waals surface area contributed by atoms with Crippen LogP contribution in [0.2, 0.25) is 0 Å². The Kier molecular flexibility index (Phi) is 3.65. The quantitative estimate of drug-likeness (QED) is 0.319. The van der Waals surface area contributed by atoms with Gasteiger partial charge in [0.25, 0.3) is 0 Å². The van der Waals surface area contributed by atoms with Crippen molar-refractivity contribution in [1.29, 1.82) is 0 Å². The van der Waals surface area contributed by atoms with Gasteiger partial charge in [-0.1, -0.05) is 94.8 Å². The third kappa shape index (κ3) is 2.46. The molecule has 0 aliphatic carbocycles. The number of hydrogen-bond acceptors (Lipinski definition) is 0. The molecule has 26 heavy (non-hydrogen) atoms. The van der Waals surface area contributed by atoms with Crippen LogP contribution in [0.4, 0.5) is 0 Å². The maximum atomic E-state index is 3.72. The number of nitrogens with one attached hydrogen (secondary N) is 1. The van der Waals surface area contributed by atoms with Crippen molar-refractivity contribution in [3.63, 3.8) is 0 Å². The highest BCUT2D eigenvalue weighted by Gasteiger charge is 2.16. The summed E-state index contributed by atoms with van der Waals surface area (Å²) in [7, 11) is 0. The number of aromatic nitrogens is 1. The topological polar surface area (TPSA) is 15.8 Å². The van der Waals surface area contributed by atoms with Crippen LogP contribution >= 0.6 is 15.9 Å². The van der Waals surface area contributed by atoms with Crippen molar-refractivity contribution >= 4 is 37.6 Å². The number of aromatic amines is 1. The molecule has 0 unspecified atom stereocenters. The number of benzene rings is 4. The first kappa shape index (κ1) is 15.4. The Labute approximate surface area is 160 Å². The molecule has 0 aliphatic heterocycles. The molecule has 0 amide bonds. The van der Waals surface area contributed by atoms with Gasteiger partial charge < -0.3 is 4.98 Å². The molecule has 0 spiro atoms. The average Bonchev–Trinajstić information content (AvgIpc) is 3.09. The fraction of sp³-hybridized carbons (Fsp3) is 0. The number of rotatable bonds is 2. The minimum Gasteiger partial charge on any atom is -0.353 e. The molecule has 1 nitrogen and oxygen atoms in total. The van der Waals surface area contributed by atoms with Gasteiger partial charge in [0.05, 0.1) is 11.2 Å². The molecule has 0 saturated carbocycles. The molecule has 0 radical (unpaired) electrons. The number of halogens is 1. The normalized spacial score (nSPS) is 11.3. The molecule has 1 aromatic heterocycles. The Morgan fingerprint density at radius 2 is 1.31 bits per heavy atom. The molecule has 0 bridgehead atoms. The molecule has 0 atom stereocenters. The average molecular weight is 398 g/mol. The Morgan fingerprint density at radius 3 is 2.12 bits per heavy atom. The van der Waals surface area contributed by atoms with Crippen LogP contribution in [0, 0.1) is 0 Å². The summed E-state index contributed by atoms with van der Waals surface area (Å²) in [4.78, 5) is 3.72. The summed E-state index contributed by atoms with van der Waals surface area (Å²) in [5.74, 6) is 0. The van der Waals surface area contributed by atoms with Crippen LogP contribution in [-0.2, 0) is 0 Å². The summed E-state index contributed by atoms with van der Waals surface area (Å²) >= 11 is 3.55. The van der Waals surface area contributed by atoms with E-state index >= 15 is 0 Å². The van der Waals surface area contributed by atoms with Crippen LogP contribution in [0.3, 0.4) is 0 Å². The van der Waals surface area contributed by atoms with Crippen LogP contribution in [0.25, 0.3) is 44.1 Å². The first-order valence-corrected chi connectivity index (χ1v) is 9.45. The zero-order valence-electron chi connectivity index (χ0n) is 14.0. The lowest BCUT2D eigenvalue weighted by Crippen LogP contribution is -1.82. The number of H-pyrrole nitrogens is 1. The van der Waals surface area contributed by atoms with Gasteiger partial charge in [0.2, 0.25) is 0 Å². The largest absolute Gasteiger partial charge is 0.353 e. The van der Waals surface area contributed by atoms with E-state index < -0.39 is 0 Å². The van der Waals surface area contributed by atoms with Crippen molar-refractivity contribution in [2.45, 2.75) is 0 Å². The molecular weight excluding hydrogens is 382 g/mol. The van der Waals surface area contributed by atoms with Gasteiger partial charge in [-0.15, -0.1) is 0 Å². The van der Waals surface area contributed by atoms with Crippen molar-refractivity contribution in [1.82, 2.24) is 4.98 Å². The van der Waals surface area contributed by atoms with E-state index in [-0.39, 0.29) is 0 Å². The first-order chi connectivity index (χ1) is 12.8. The van der Waals surface area contributed by atoms with Gasteiger partial charge >= 0.3 is 0 Å². The zero-order valence-corrected chi connectivity index (χ0v) is 15.6.